The Bertz CT molecular complexity index is 395. The van der Waals surface area contributed by atoms with Crippen LogP contribution in [0.25, 0.3) is 0 Å². The first-order valence-corrected chi connectivity index (χ1v) is 5.23. The Hall–Kier alpha value is -1.26. The summed E-state index contributed by atoms with van der Waals surface area (Å²) in [6.07, 6.45) is -0.451. The zero-order valence-corrected chi connectivity index (χ0v) is 9.05. The highest BCUT2D eigenvalue weighted by molar-refractivity contribution is 5.14. The lowest BCUT2D eigenvalue weighted by molar-refractivity contribution is -0.137. The first kappa shape index (κ1) is 12.8. The van der Waals surface area contributed by atoms with Gasteiger partial charge in [0, 0.05) is 18.8 Å². The largest absolute Gasteiger partial charge is 0.416 e. The molecule has 1 aromatic heterocycles. The molecule has 90 valence electrons. The van der Waals surface area contributed by atoms with Gasteiger partial charge >= 0.3 is 6.18 Å². The number of pyridine rings is 1. The summed E-state index contributed by atoms with van der Waals surface area (Å²) in [7, 11) is 0. The standard InChI is InChI=1S/C11H14F3NO/c1-2-3-4-6-15-7-5-9(8-10(15)16)11(12,13)14/h5,7-8H,2-4,6H2,1H3. The molecule has 0 aliphatic carbocycles. The second-order valence-corrected chi connectivity index (χ2v) is 3.65. The van der Waals surface area contributed by atoms with E-state index in [0.29, 0.717) is 12.6 Å². The lowest BCUT2D eigenvalue weighted by atomic mass is 10.2. The highest BCUT2D eigenvalue weighted by Gasteiger charge is 2.30. The molecule has 0 atom stereocenters. The minimum atomic E-state index is -4.44. The van der Waals surface area contributed by atoms with Crippen molar-refractivity contribution < 1.29 is 13.2 Å². The van der Waals surface area contributed by atoms with Crippen LogP contribution in [-0.4, -0.2) is 4.57 Å². The van der Waals surface area contributed by atoms with Crippen molar-refractivity contribution in [3.63, 3.8) is 0 Å². The van der Waals surface area contributed by atoms with E-state index < -0.39 is 17.3 Å². The minimum absolute atomic E-state index is 0.477. The highest BCUT2D eigenvalue weighted by Crippen LogP contribution is 2.27. The zero-order valence-electron chi connectivity index (χ0n) is 9.05. The van der Waals surface area contributed by atoms with Crippen LogP contribution >= 0.6 is 0 Å². The van der Waals surface area contributed by atoms with E-state index in [4.69, 9.17) is 0 Å². The van der Waals surface area contributed by atoms with Gasteiger partial charge in [-0.3, -0.25) is 4.79 Å². The predicted molar refractivity (Wildman–Crippen MR) is 55.2 cm³/mol. The number of hydrogen-bond donors (Lipinski definition) is 0. The van der Waals surface area contributed by atoms with Gasteiger partial charge in [0.15, 0.2) is 0 Å². The molecule has 1 heterocycles. The molecule has 1 aromatic rings. The summed E-state index contributed by atoms with van der Waals surface area (Å²) in [4.78, 5) is 11.3. The third-order valence-corrected chi connectivity index (χ3v) is 2.33. The second-order valence-electron chi connectivity index (χ2n) is 3.65. The molecule has 1 rings (SSSR count). The molecular formula is C11H14F3NO. The Morgan fingerprint density at radius 2 is 2.00 bits per heavy atom. The molecule has 0 aliphatic heterocycles. The van der Waals surface area contributed by atoms with E-state index in [1.807, 2.05) is 6.92 Å². The van der Waals surface area contributed by atoms with E-state index in [2.05, 4.69) is 0 Å². The first-order valence-electron chi connectivity index (χ1n) is 5.23. The number of aromatic nitrogens is 1. The van der Waals surface area contributed by atoms with E-state index in [1.54, 1.807) is 0 Å². The molecule has 0 bridgehead atoms. The van der Waals surface area contributed by atoms with Gasteiger partial charge in [0.25, 0.3) is 5.56 Å². The number of nitrogens with zero attached hydrogens (tertiary/aromatic N) is 1. The van der Waals surface area contributed by atoms with Crippen molar-refractivity contribution in [3.05, 3.63) is 34.2 Å². The van der Waals surface area contributed by atoms with Gasteiger partial charge in [-0.2, -0.15) is 13.2 Å². The predicted octanol–water partition coefficient (Wildman–Crippen LogP) is 3.06. The van der Waals surface area contributed by atoms with Crippen molar-refractivity contribution in [1.82, 2.24) is 4.57 Å². The molecule has 0 aromatic carbocycles. The molecule has 0 aliphatic rings. The Morgan fingerprint density at radius 3 is 2.50 bits per heavy atom. The van der Waals surface area contributed by atoms with Crippen molar-refractivity contribution in [1.29, 1.82) is 0 Å². The third-order valence-electron chi connectivity index (χ3n) is 2.33. The van der Waals surface area contributed by atoms with Gasteiger partial charge in [-0.25, -0.2) is 0 Å². The van der Waals surface area contributed by atoms with Crippen molar-refractivity contribution in [2.45, 2.75) is 38.9 Å². The van der Waals surface area contributed by atoms with Crippen LogP contribution in [0.15, 0.2) is 23.1 Å². The summed E-state index contributed by atoms with van der Waals surface area (Å²) in [6, 6.07) is 1.58. The number of rotatable bonds is 4. The summed E-state index contributed by atoms with van der Waals surface area (Å²) in [5.41, 5.74) is -1.48. The third kappa shape index (κ3) is 3.40. The fourth-order valence-electron chi connectivity index (χ4n) is 1.40. The van der Waals surface area contributed by atoms with Gasteiger partial charge in [-0.05, 0) is 12.5 Å². The Labute approximate surface area is 91.7 Å². The summed E-state index contributed by atoms with van der Waals surface area (Å²) in [5.74, 6) is 0. The maximum Gasteiger partial charge on any atom is 0.416 e. The lowest BCUT2D eigenvalue weighted by Crippen LogP contribution is -2.21. The molecule has 0 saturated heterocycles. The van der Waals surface area contributed by atoms with Crippen LogP contribution in [0.4, 0.5) is 13.2 Å². The van der Waals surface area contributed by atoms with E-state index >= 15 is 0 Å². The Balaban J connectivity index is 2.80. The summed E-state index contributed by atoms with van der Waals surface area (Å²) in [6.45, 7) is 2.50. The van der Waals surface area contributed by atoms with Crippen LogP contribution < -0.4 is 5.56 Å². The molecular weight excluding hydrogens is 219 g/mol. The smallest absolute Gasteiger partial charge is 0.316 e. The van der Waals surface area contributed by atoms with E-state index in [9.17, 15) is 18.0 Å². The molecule has 0 radical (unpaired) electrons. The number of aryl methyl sites for hydroxylation is 1. The van der Waals surface area contributed by atoms with Gasteiger partial charge in [0.05, 0.1) is 5.56 Å². The Morgan fingerprint density at radius 1 is 1.31 bits per heavy atom. The molecule has 2 nitrogen and oxygen atoms in total. The van der Waals surface area contributed by atoms with Crippen LogP contribution in [0, 0.1) is 0 Å². The average Bonchev–Trinajstić information content (AvgIpc) is 2.19. The van der Waals surface area contributed by atoms with Crippen LogP contribution in [0.1, 0.15) is 31.7 Å². The summed E-state index contributed by atoms with van der Waals surface area (Å²) < 4.78 is 38.1. The molecule has 0 unspecified atom stereocenters. The molecule has 0 saturated carbocycles. The SMILES string of the molecule is CCCCCn1ccc(C(F)(F)F)cc1=O. The average molecular weight is 233 g/mol. The van der Waals surface area contributed by atoms with E-state index in [1.165, 1.54) is 10.8 Å². The maximum absolute atomic E-state index is 12.3. The summed E-state index contributed by atoms with van der Waals surface area (Å²) in [5, 5.41) is 0. The molecule has 0 amide bonds. The van der Waals surface area contributed by atoms with Crippen molar-refractivity contribution >= 4 is 0 Å². The van der Waals surface area contributed by atoms with E-state index in [0.717, 1.165) is 25.3 Å². The molecule has 16 heavy (non-hydrogen) atoms. The fraction of sp³-hybridized carbons (Fsp3) is 0.545. The van der Waals surface area contributed by atoms with Gasteiger partial charge in [-0.1, -0.05) is 19.8 Å². The maximum atomic E-state index is 12.3. The topological polar surface area (TPSA) is 22.0 Å². The lowest BCUT2D eigenvalue weighted by Gasteiger charge is -2.08. The molecule has 0 spiro atoms. The highest BCUT2D eigenvalue weighted by atomic mass is 19.4. The van der Waals surface area contributed by atoms with Crippen molar-refractivity contribution in [3.8, 4) is 0 Å². The van der Waals surface area contributed by atoms with Crippen LogP contribution in [-0.2, 0) is 12.7 Å². The molecule has 0 fully saturated rings. The van der Waals surface area contributed by atoms with E-state index in [-0.39, 0.29) is 0 Å². The Kier molecular flexibility index (Phi) is 4.15. The minimum Gasteiger partial charge on any atom is -0.316 e. The van der Waals surface area contributed by atoms with Gasteiger partial charge < -0.3 is 4.57 Å². The van der Waals surface area contributed by atoms with Crippen molar-refractivity contribution in [2.24, 2.45) is 0 Å². The quantitative estimate of drug-likeness (QED) is 0.732. The monoisotopic (exact) mass is 233 g/mol. The number of alkyl halides is 3. The fourth-order valence-corrected chi connectivity index (χ4v) is 1.40. The second kappa shape index (κ2) is 5.18. The first-order chi connectivity index (χ1) is 7.45. The zero-order chi connectivity index (χ0) is 12.2. The van der Waals surface area contributed by atoms with Crippen LogP contribution in [0.3, 0.4) is 0 Å². The number of halogens is 3. The van der Waals surface area contributed by atoms with Gasteiger partial charge in [-0.15, -0.1) is 0 Å². The van der Waals surface area contributed by atoms with Crippen LogP contribution in [0.2, 0.25) is 0 Å². The van der Waals surface area contributed by atoms with Gasteiger partial charge in [0.2, 0.25) is 0 Å². The van der Waals surface area contributed by atoms with Crippen LogP contribution in [0.5, 0.6) is 0 Å². The number of hydrogen-bond acceptors (Lipinski definition) is 1. The van der Waals surface area contributed by atoms with Gasteiger partial charge in [0.1, 0.15) is 0 Å². The number of unbranched alkanes of at least 4 members (excludes halogenated alkanes) is 2. The summed E-state index contributed by atoms with van der Waals surface area (Å²) >= 11 is 0. The van der Waals surface area contributed by atoms with Crippen molar-refractivity contribution in [2.75, 3.05) is 0 Å². The molecule has 5 heteroatoms. The molecule has 0 N–H and O–H groups in total. The normalized spacial score (nSPS) is 11.8.